The van der Waals surface area contributed by atoms with Gasteiger partial charge >= 0.3 is 0 Å². The van der Waals surface area contributed by atoms with Crippen molar-refractivity contribution in [3.63, 3.8) is 0 Å². The lowest BCUT2D eigenvalue weighted by Gasteiger charge is -2.38. The molecule has 72 valence electrons. The molecule has 0 radical (unpaired) electrons. The maximum atomic E-state index is 12.9. The molecule has 0 aliphatic carbocycles. The molecule has 1 unspecified atom stereocenters. The van der Waals surface area contributed by atoms with Gasteiger partial charge in [-0.05, 0) is 13.8 Å². The first-order valence-corrected chi connectivity index (χ1v) is 4.28. The predicted octanol–water partition coefficient (Wildman–Crippen LogP) is 1.06. The molecule has 1 fully saturated rings. The number of nitrogens with zero attached hydrogens (tertiary/aromatic N) is 1. The fourth-order valence-electron chi connectivity index (χ4n) is 1.57. The van der Waals surface area contributed by atoms with Gasteiger partial charge in [-0.25, -0.2) is 8.78 Å². The Bertz CT molecular complexity index is 159. The summed E-state index contributed by atoms with van der Waals surface area (Å²) >= 11 is 0. The van der Waals surface area contributed by atoms with E-state index >= 15 is 0 Å². The number of halogens is 2. The van der Waals surface area contributed by atoms with Crippen LogP contribution in [0.1, 0.15) is 20.3 Å². The number of hydrogen-bond acceptors (Lipinski definition) is 2. The Morgan fingerprint density at radius 1 is 1.50 bits per heavy atom. The molecular formula is C8H16F2N2. The van der Waals surface area contributed by atoms with Crippen LogP contribution in [-0.2, 0) is 0 Å². The van der Waals surface area contributed by atoms with E-state index in [9.17, 15) is 8.78 Å². The Labute approximate surface area is 71.7 Å². The highest BCUT2D eigenvalue weighted by Gasteiger charge is 2.39. The number of likely N-dealkylation sites (tertiary alicyclic amines) is 1. The topological polar surface area (TPSA) is 29.3 Å². The monoisotopic (exact) mass is 178 g/mol. The summed E-state index contributed by atoms with van der Waals surface area (Å²) in [5.41, 5.74) is 5.52. The second kappa shape index (κ2) is 3.26. The molecule has 1 saturated heterocycles. The Kier molecular flexibility index (Phi) is 2.68. The average molecular weight is 178 g/mol. The molecule has 4 heteroatoms. The van der Waals surface area contributed by atoms with E-state index in [4.69, 9.17) is 5.73 Å². The smallest absolute Gasteiger partial charge is 0.262 e. The van der Waals surface area contributed by atoms with E-state index in [2.05, 4.69) is 0 Å². The highest BCUT2D eigenvalue weighted by Crippen LogP contribution is 2.26. The van der Waals surface area contributed by atoms with Gasteiger partial charge in [-0.3, -0.25) is 4.90 Å². The van der Waals surface area contributed by atoms with Crippen LogP contribution < -0.4 is 5.73 Å². The second-order valence-corrected chi connectivity index (χ2v) is 3.84. The molecule has 12 heavy (non-hydrogen) atoms. The third-order valence-electron chi connectivity index (χ3n) is 2.19. The minimum absolute atomic E-state index is 0.141. The Balaban J connectivity index is 2.58. The van der Waals surface area contributed by atoms with E-state index < -0.39 is 5.92 Å². The summed E-state index contributed by atoms with van der Waals surface area (Å²) in [5.74, 6) is -2.60. The number of piperidine rings is 1. The standard InChI is InChI=1S/C8H16F2N2/c1-6(2)12-4-7(11)3-8(9,10)5-12/h6-7H,3-5,11H2,1-2H3. The van der Waals surface area contributed by atoms with Gasteiger partial charge in [0.25, 0.3) is 5.92 Å². The first-order valence-electron chi connectivity index (χ1n) is 4.28. The number of nitrogens with two attached hydrogens (primary N) is 1. The van der Waals surface area contributed by atoms with Crippen LogP contribution in [-0.4, -0.2) is 36.0 Å². The number of hydrogen-bond donors (Lipinski definition) is 1. The third-order valence-corrected chi connectivity index (χ3v) is 2.19. The zero-order valence-corrected chi connectivity index (χ0v) is 7.56. The van der Waals surface area contributed by atoms with Crippen LogP contribution in [0.2, 0.25) is 0 Å². The molecule has 0 bridgehead atoms. The van der Waals surface area contributed by atoms with E-state index in [0.717, 1.165) is 0 Å². The van der Waals surface area contributed by atoms with Crippen LogP contribution in [0.3, 0.4) is 0 Å². The average Bonchev–Trinajstić information content (AvgIpc) is 1.82. The molecular weight excluding hydrogens is 162 g/mol. The summed E-state index contributed by atoms with van der Waals surface area (Å²) < 4.78 is 25.9. The van der Waals surface area contributed by atoms with Gasteiger partial charge in [0.05, 0.1) is 6.54 Å². The SMILES string of the molecule is CC(C)N1CC(N)CC(F)(F)C1. The van der Waals surface area contributed by atoms with E-state index in [1.54, 1.807) is 4.90 Å². The molecule has 1 heterocycles. The highest BCUT2D eigenvalue weighted by molar-refractivity contribution is 4.87. The lowest BCUT2D eigenvalue weighted by molar-refractivity contribution is -0.0779. The van der Waals surface area contributed by atoms with Gasteiger partial charge in [0.15, 0.2) is 0 Å². The third kappa shape index (κ3) is 2.38. The van der Waals surface area contributed by atoms with Gasteiger partial charge in [0, 0.05) is 25.0 Å². The fourth-order valence-corrected chi connectivity index (χ4v) is 1.57. The van der Waals surface area contributed by atoms with Gasteiger partial charge in [-0.2, -0.15) is 0 Å². The van der Waals surface area contributed by atoms with Crippen molar-refractivity contribution in [2.75, 3.05) is 13.1 Å². The lowest BCUT2D eigenvalue weighted by atomic mass is 10.0. The normalized spacial score (nSPS) is 31.0. The molecule has 0 amide bonds. The Morgan fingerprint density at radius 2 is 2.08 bits per heavy atom. The van der Waals surface area contributed by atoms with Crippen LogP contribution in [0.4, 0.5) is 8.78 Å². The van der Waals surface area contributed by atoms with Crippen LogP contribution >= 0.6 is 0 Å². The van der Waals surface area contributed by atoms with Gasteiger partial charge in [-0.15, -0.1) is 0 Å². The molecule has 0 saturated carbocycles. The quantitative estimate of drug-likeness (QED) is 0.650. The summed E-state index contributed by atoms with van der Waals surface area (Å²) in [6.45, 7) is 4.27. The zero-order chi connectivity index (χ0) is 9.35. The first-order chi connectivity index (χ1) is 5.41. The van der Waals surface area contributed by atoms with Crippen LogP contribution in [0.5, 0.6) is 0 Å². The molecule has 0 aromatic heterocycles. The second-order valence-electron chi connectivity index (χ2n) is 3.84. The van der Waals surface area contributed by atoms with Gasteiger partial charge in [0.1, 0.15) is 0 Å². The minimum atomic E-state index is -2.60. The molecule has 2 nitrogen and oxygen atoms in total. The van der Waals surface area contributed by atoms with Crippen LogP contribution in [0, 0.1) is 0 Å². The van der Waals surface area contributed by atoms with Crippen molar-refractivity contribution in [3.8, 4) is 0 Å². The maximum Gasteiger partial charge on any atom is 0.262 e. The fraction of sp³-hybridized carbons (Fsp3) is 1.00. The maximum absolute atomic E-state index is 12.9. The molecule has 2 N–H and O–H groups in total. The van der Waals surface area contributed by atoms with Crippen molar-refractivity contribution >= 4 is 0 Å². The van der Waals surface area contributed by atoms with Crippen molar-refractivity contribution in [3.05, 3.63) is 0 Å². The summed E-state index contributed by atoms with van der Waals surface area (Å²) in [6.07, 6.45) is -0.170. The van der Waals surface area contributed by atoms with Gasteiger partial charge in [0.2, 0.25) is 0 Å². The Hall–Kier alpha value is -0.220. The largest absolute Gasteiger partial charge is 0.326 e. The van der Waals surface area contributed by atoms with E-state index in [0.29, 0.717) is 6.54 Å². The molecule has 0 aromatic rings. The molecule has 0 spiro atoms. The van der Waals surface area contributed by atoms with Gasteiger partial charge < -0.3 is 5.73 Å². The van der Waals surface area contributed by atoms with Crippen molar-refractivity contribution in [1.29, 1.82) is 0 Å². The molecule has 0 aromatic carbocycles. The summed E-state index contributed by atoms with van der Waals surface area (Å²) in [7, 11) is 0. The lowest BCUT2D eigenvalue weighted by Crippen LogP contribution is -2.54. The van der Waals surface area contributed by atoms with Crippen molar-refractivity contribution < 1.29 is 8.78 Å². The highest BCUT2D eigenvalue weighted by atomic mass is 19.3. The van der Waals surface area contributed by atoms with E-state index in [-0.39, 0.29) is 25.0 Å². The molecule has 1 rings (SSSR count). The Morgan fingerprint density at radius 3 is 2.50 bits per heavy atom. The van der Waals surface area contributed by atoms with Crippen LogP contribution in [0.15, 0.2) is 0 Å². The zero-order valence-electron chi connectivity index (χ0n) is 7.56. The molecule has 1 atom stereocenters. The van der Waals surface area contributed by atoms with Crippen molar-refractivity contribution in [1.82, 2.24) is 4.90 Å². The van der Waals surface area contributed by atoms with Crippen LogP contribution in [0.25, 0.3) is 0 Å². The summed E-state index contributed by atoms with van der Waals surface area (Å²) in [6, 6.07) is -0.224. The number of rotatable bonds is 1. The predicted molar refractivity (Wildman–Crippen MR) is 44.2 cm³/mol. The van der Waals surface area contributed by atoms with E-state index in [1.807, 2.05) is 13.8 Å². The minimum Gasteiger partial charge on any atom is -0.326 e. The van der Waals surface area contributed by atoms with Gasteiger partial charge in [-0.1, -0.05) is 0 Å². The molecule has 1 aliphatic heterocycles. The summed E-state index contributed by atoms with van der Waals surface area (Å²) in [5, 5.41) is 0. The first kappa shape index (κ1) is 9.86. The molecule has 1 aliphatic rings. The summed E-state index contributed by atoms with van der Waals surface area (Å²) in [4.78, 5) is 1.73. The number of alkyl halides is 2. The van der Waals surface area contributed by atoms with Crippen molar-refractivity contribution in [2.24, 2.45) is 5.73 Å². The van der Waals surface area contributed by atoms with Crippen molar-refractivity contribution in [2.45, 2.75) is 38.3 Å². The van der Waals surface area contributed by atoms with E-state index in [1.165, 1.54) is 0 Å².